The predicted octanol–water partition coefficient (Wildman–Crippen LogP) is 1.45. The Hall–Kier alpha value is -0.900. The van der Waals surface area contributed by atoms with E-state index in [2.05, 4.69) is 15.5 Å². The van der Waals surface area contributed by atoms with E-state index in [0.717, 1.165) is 31.2 Å². The summed E-state index contributed by atoms with van der Waals surface area (Å²) in [6, 6.07) is 0.293. The third-order valence-corrected chi connectivity index (χ3v) is 2.39. The third-order valence-electron chi connectivity index (χ3n) is 2.39. The first kappa shape index (κ1) is 8.69. The summed E-state index contributed by atoms with van der Waals surface area (Å²) in [4.78, 5) is 0. The largest absolute Gasteiger partial charge is 0.424 e. The highest BCUT2D eigenvalue weighted by atomic mass is 16.4. The van der Waals surface area contributed by atoms with E-state index in [9.17, 15) is 0 Å². The Bertz CT molecular complexity index is 266. The van der Waals surface area contributed by atoms with E-state index < -0.39 is 0 Å². The number of rotatable bonds is 2. The molecule has 1 fully saturated rings. The summed E-state index contributed by atoms with van der Waals surface area (Å²) < 4.78 is 5.49. The topological polar surface area (TPSA) is 51.0 Å². The molecule has 2 heterocycles. The zero-order valence-electron chi connectivity index (χ0n) is 7.92. The second-order valence-electron chi connectivity index (χ2n) is 3.39. The summed E-state index contributed by atoms with van der Waals surface area (Å²) in [6.45, 7) is 3.08. The lowest BCUT2D eigenvalue weighted by molar-refractivity contribution is 0.330. The second-order valence-corrected chi connectivity index (χ2v) is 3.39. The number of piperidine rings is 1. The molecule has 1 aromatic rings. The summed E-state index contributed by atoms with van der Waals surface area (Å²) in [6.07, 6.45) is 4.44. The Kier molecular flexibility index (Phi) is 2.59. The van der Waals surface area contributed by atoms with Gasteiger partial charge in [-0.05, 0) is 19.4 Å². The van der Waals surface area contributed by atoms with E-state index in [-0.39, 0.29) is 0 Å². The van der Waals surface area contributed by atoms with Gasteiger partial charge in [0, 0.05) is 6.42 Å². The molecule has 4 heteroatoms. The molecular weight excluding hydrogens is 166 g/mol. The van der Waals surface area contributed by atoms with Crippen molar-refractivity contribution >= 4 is 0 Å². The fraction of sp³-hybridized carbons (Fsp3) is 0.778. The lowest BCUT2D eigenvalue weighted by Crippen LogP contribution is -2.26. The molecule has 0 amide bonds. The average molecular weight is 181 g/mol. The molecule has 0 unspecified atom stereocenters. The van der Waals surface area contributed by atoms with Gasteiger partial charge < -0.3 is 9.73 Å². The van der Waals surface area contributed by atoms with Crippen LogP contribution >= 0.6 is 0 Å². The molecule has 1 saturated heterocycles. The predicted molar refractivity (Wildman–Crippen MR) is 48.3 cm³/mol. The Morgan fingerprint density at radius 3 is 3.00 bits per heavy atom. The molecule has 1 N–H and O–H groups in total. The van der Waals surface area contributed by atoms with Crippen molar-refractivity contribution in [2.75, 3.05) is 6.54 Å². The summed E-state index contributed by atoms with van der Waals surface area (Å²) in [5, 5.41) is 11.4. The van der Waals surface area contributed by atoms with Crippen LogP contribution in [0.4, 0.5) is 0 Å². The molecule has 1 aliphatic heterocycles. The molecule has 0 spiro atoms. The first-order valence-electron chi connectivity index (χ1n) is 4.96. The summed E-state index contributed by atoms with van der Waals surface area (Å²) in [5.74, 6) is 1.50. The zero-order valence-corrected chi connectivity index (χ0v) is 7.92. The lowest BCUT2D eigenvalue weighted by Gasteiger charge is -2.19. The number of nitrogens with one attached hydrogen (secondary N) is 1. The van der Waals surface area contributed by atoms with Crippen molar-refractivity contribution in [2.24, 2.45) is 0 Å². The van der Waals surface area contributed by atoms with Gasteiger partial charge in [-0.25, -0.2) is 0 Å². The quantitative estimate of drug-likeness (QED) is 0.750. The van der Waals surface area contributed by atoms with E-state index >= 15 is 0 Å². The highest BCUT2D eigenvalue weighted by Crippen LogP contribution is 2.21. The highest BCUT2D eigenvalue weighted by Gasteiger charge is 2.19. The van der Waals surface area contributed by atoms with Crippen LogP contribution in [0.1, 0.15) is 44.0 Å². The molecule has 1 aliphatic rings. The maximum atomic E-state index is 5.49. The minimum atomic E-state index is 0.293. The Labute approximate surface area is 77.7 Å². The van der Waals surface area contributed by atoms with Crippen LogP contribution in [0, 0.1) is 0 Å². The molecule has 1 atom stereocenters. The number of aryl methyl sites for hydroxylation is 1. The van der Waals surface area contributed by atoms with Crippen molar-refractivity contribution in [2.45, 2.75) is 38.6 Å². The van der Waals surface area contributed by atoms with Crippen molar-refractivity contribution < 1.29 is 4.42 Å². The van der Waals surface area contributed by atoms with Crippen molar-refractivity contribution in [1.29, 1.82) is 0 Å². The number of aromatic nitrogens is 2. The van der Waals surface area contributed by atoms with Gasteiger partial charge in [-0.1, -0.05) is 13.3 Å². The Morgan fingerprint density at radius 1 is 1.46 bits per heavy atom. The molecule has 72 valence electrons. The zero-order chi connectivity index (χ0) is 9.10. The molecule has 4 nitrogen and oxygen atoms in total. The molecule has 2 rings (SSSR count). The van der Waals surface area contributed by atoms with Gasteiger partial charge in [-0.15, -0.1) is 10.2 Å². The van der Waals surface area contributed by atoms with E-state index in [0.29, 0.717) is 6.04 Å². The van der Waals surface area contributed by atoms with Gasteiger partial charge in [0.15, 0.2) is 0 Å². The fourth-order valence-electron chi connectivity index (χ4n) is 1.61. The SMILES string of the molecule is CCc1nnc([C@H]2CCCCN2)o1. The minimum absolute atomic E-state index is 0.293. The standard InChI is InChI=1S/C9H15N3O/c1-2-8-11-12-9(13-8)7-5-3-4-6-10-7/h7,10H,2-6H2,1H3/t7-/m1/s1. The first-order chi connectivity index (χ1) is 6.40. The van der Waals surface area contributed by atoms with Crippen molar-refractivity contribution in [3.05, 3.63) is 11.8 Å². The number of hydrogen-bond acceptors (Lipinski definition) is 4. The molecule has 0 saturated carbocycles. The fourth-order valence-corrected chi connectivity index (χ4v) is 1.61. The van der Waals surface area contributed by atoms with Crippen LogP contribution in [0.25, 0.3) is 0 Å². The Morgan fingerprint density at radius 2 is 2.38 bits per heavy atom. The van der Waals surface area contributed by atoms with Crippen LogP contribution in [0.5, 0.6) is 0 Å². The third kappa shape index (κ3) is 1.88. The van der Waals surface area contributed by atoms with Crippen LogP contribution in [0.3, 0.4) is 0 Å². The lowest BCUT2D eigenvalue weighted by atomic mass is 10.1. The average Bonchev–Trinajstić information content (AvgIpc) is 2.67. The van der Waals surface area contributed by atoms with Gasteiger partial charge in [0.05, 0.1) is 6.04 Å². The summed E-state index contributed by atoms with van der Waals surface area (Å²) >= 11 is 0. The number of nitrogens with zero attached hydrogens (tertiary/aromatic N) is 2. The summed E-state index contributed by atoms with van der Waals surface area (Å²) in [5.41, 5.74) is 0. The van der Waals surface area contributed by atoms with Gasteiger partial charge in [-0.3, -0.25) is 0 Å². The highest BCUT2D eigenvalue weighted by molar-refractivity contribution is 4.91. The van der Waals surface area contributed by atoms with Gasteiger partial charge >= 0.3 is 0 Å². The van der Waals surface area contributed by atoms with E-state index in [1.165, 1.54) is 12.8 Å². The smallest absolute Gasteiger partial charge is 0.233 e. The molecular formula is C9H15N3O. The van der Waals surface area contributed by atoms with E-state index in [1.807, 2.05) is 6.92 Å². The van der Waals surface area contributed by atoms with Gasteiger partial charge in [-0.2, -0.15) is 0 Å². The molecule has 1 aromatic heterocycles. The maximum Gasteiger partial charge on any atom is 0.233 e. The Balaban J connectivity index is 2.05. The van der Waals surface area contributed by atoms with Crippen molar-refractivity contribution in [3.8, 4) is 0 Å². The normalized spacial score (nSPS) is 23.3. The van der Waals surface area contributed by atoms with Gasteiger partial charge in [0.1, 0.15) is 0 Å². The van der Waals surface area contributed by atoms with E-state index in [1.54, 1.807) is 0 Å². The van der Waals surface area contributed by atoms with Crippen LogP contribution in [-0.2, 0) is 6.42 Å². The first-order valence-corrected chi connectivity index (χ1v) is 4.96. The van der Waals surface area contributed by atoms with Crippen LogP contribution < -0.4 is 5.32 Å². The molecule has 0 bridgehead atoms. The van der Waals surface area contributed by atoms with Gasteiger partial charge in [0.25, 0.3) is 0 Å². The van der Waals surface area contributed by atoms with Crippen LogP contribution in [0.15, 0.2) is 4.42 Å². The molecule has 0 aliphatic carbocycles. The maximum absolute atomic E-state index is 5.49. The van der Waals surface area contributed by atoms with E-state index in [4.69, 9.17) is 4.42 Å². The molecule has 0 aromatic carbocycles. The molecule has 13 heavy (non-hydrogen) atoms. The monoisotopic (exact) mass is 181 g/mol. The van der Waals surface area contributed by atoms with Gasteiger partial charge in [0.2, 0.25) is 11.8 Å². The van der Waals surface area contributed by atoms with Crippen LogP contribution in [-0.4, -0.2) is 16.7 Å². The van der Waals surface area contributed by atoms with Crippen LogP contribution in [0.2, 0.25) is 0 Å². The molecule has 0 radical (unpaired) electrons. The van der Waals surface area contributed by atoms with Crippen molar-refractivity contribution in [1.82, 2.24) is 15.5 Å². The minimum Gasteiger partial charge on any atom is -0.424 e. The summed E-state index contributed by atoms with van der Waals surface area (Å²) in [7, 11) is 0. The van der Waals surface area contributed by atoms with Crippen molar-refractivity contribution in [3.63, 3.8) is 0 Å². The second kappa shape index (κ2) is 3.87. The number of hydrogen-bond donors (Lipinski definition) is 1.